The summed E-state index contributed by atoms with van der Waals surface area (Å²) in [6, 6.07) is 14.8. The number of carbonyl (C=O) groups is 1. The number of nitrogens with zero attached hydrogens (tertiary/aromatic N) is 2. The van der Waals surface area contributed by atoms with Crippen LogP contribution in [0.5, 0.6) is 5.75 Å². The summed E-state index contributed by atoms with van der Waals surface area (Å²) >= 11 is 0. The SMILES string of the molecule is CCC1CN2CCC3C(=Nc4ccc(-c5ccccc5)c(OC)c43)C2CC1/C(=C\OC)C(=O)OC. The predicted molar refractivity (Wildman–Crippen MR) is 137 cm³/mol. The molecule has 0 radical (unpaired) electrons. The summed E-state index contributed by atoms with van der Waals surface area (Å²) in [5.74, 6) is 1.30. The Labute approximate surface area is 207 Å². The molecular weight excluding hydrogens is 440 g/mol. The standard InChI is InChI=1S/C29H34N2O4/c1-5-18-16-31-14-13-21-26-24(12-11-20(28(26)34-3)19-9-7-6-8-10-19)30-27(21)25(31)15-22(18)23(17-33-2)29(32)35-4/h6-12,17-18,21-22,25H,5,13-16H2,1-4H3/b23-17+. The molecule has 184 valence electrons. The number of benzene rings is 2. The fourth-order valence-electron chi connectivity index (χ4n) is 6.37. The first-order valence-corrected chi connectivity index (χ1v) is 12.5. The van der Waals surface area contributed by atoms with Crippen LogP contribution in [0.3, 0.4) is 0 Å². The Morgan fingerprint density at radius 2 is 1.94 bits per heavy atom. The van der Waals surface area contributed by atoms with Crippen LogP contribution in [0.2, 0.25) is 0 Å². The molecule has 0 aliphatic carbocycles. The van der Waals surface area contributed by atoms with Crippen LogP contribution in [0.1, 0.15) is 37.7 Å². The van der Waals surface area contributed by atoms with Crippen LogP contribution in [-0.2, 0) is 14.3 Å². The summed E-state index contributed by atoms with van der Waals surface area (Å²) in [5, 5.41) is 0. The molecule has 4 atom stereocenters. The molecule has 0 N–H and O–H groups in total. The molecule has 0 bridgehead atoms. The van der Waals surface area contributed by atoms with E-state index in [4.69, 9.17) is 19.2 Å². The maximum Gasteiger partial charge on any atom is 0.337 e. The molecule has 2 aromatic carbocycles. The lowest BCUT2D eigenvalue weighted by Crippen LogP contribution is -2.55. The van der Waals surface area contributed by atoms with Crippen LogP contribution in [0, 0.1) is 11.8 Å². The van der Waals surface area contributed by atoms with E-state index in [1.807, 2.05) is 6.07 Å². The van der Waals surface area contributed by atoms with Crippen LogP contribution in [0.15, 0.2) is 59.3 Å². The molecule has 0 amide bonds. The third-order valence-corrected chi connectivity index (χ3v) is 8.01. The van der Waals surface area contributed by atoms with Gasteiger partial charge in [-0.3, -0.25) is 9.89 Å². The molecule has 6 nitrogen and oxygen atoms in total. The van der Waals surface area contributed by atoms with Crippen LogP contribution in [0.25, 0.3) is 11.1 Å². The molecule has 0 spiro atoms. The molecule has 0 saturated carbocycles. The van der Waals surface area contributed by atoms with Crippen molar-refractivity contribution < 1.29 is 19.0 Å². The summed E-state index contributed by atoms with van der Waals surface area (Å²) in [6.07, 6.45) is 4.43. The van der Waals surface area contributed by atoms with Crippen LogP contribution in [0.4, 0.5) is 5.69 Å². The number of carbonyl (C=O) groups excluding carboxylic acids is 1. The average molecular weight is 475 g/mol. The molecule has 6 heteroatoms. The van der Waals surface area contributed by atoms with Crippen LogP contribution < -0.4 is 4.74 Å². The highest BCUT2D eigenvalue weighted by Crippen LogP contribution is 2.51. The number of esters is 1. The van der Waals surface area contributed by atoms with Gasteiger partial charge in [0.25, 0.3) is 0 Å². The van der Waals surface area contributed by atoms with Gasteiger partial charge in [0.05, 0.1) is 38.9 Å². The van der Waals surface area contributed by atoms with Crippen molar-refractivity contribution in [3.05, 3.63) is 59.9 Å². The third kappa shape index (κ3) is 4.04. The molecule has 3 aliphatic rings. The zero-order valence-electron chi connectivity index (χ0n) is 21.0. The van der Waals surface area contributed by atoms with E-state index in [-0.39, 0.29) is 23.8 Å². The summed E-state index contributed by atoms with van der Waals surface area (Å²) in [7, 11) is 4.78. The Hall–Kier alpha value is -3.12. The first kappa shape index (κ1) is 23.6. The van der Waals surface area contributed by atoms with Gasteiger partial charge in [0.1, 0.15) is 5.75 Å². The van der Waals surface area contributed by atoms with E-state index in [1.165, 1.54) is 18.4 Å². The number of aliphatic imine (C=N–C) groups is 1. The maximum atomic E-state index is 12.7. The van der Waals surface area contributed by atoms with E-state index in [2.05, 4.69) is 48.2 Å². The summed E-state index contributed by atoms with van der Waals surface area (Å²) in [6.45, 7) is 4.15. The Kier molecular flexibility index (Phi) is 6.65. The zero-order valence-corrected chi connectivity index (χ0v) is 21.0. The van der Waals surface area contributed by atoms with E-state index in [0.717, 1.165) is 54.9 Å². The predicted octanol–water partition coefficient (Wildman–Crippen LogP) is 5.36. The lowest BCUT2D eigenvalue weighted by atomic mass is 9.71. The molecule has 4 unspecified atom stereocenters. The Bertz CT molecular complexity index is 1160. The highest BCUT2D eigenvalue weighted by Gasteiger charge is 2.47. The van der Waals surface area contributed by atoms with Gasteiger partial charge in [0, 0.05) is 35.3 Å². The lowest BCUT2D eigenvalue weighted by molar-refractivity contribution is -0.137. The molecule has 2 aromatic rings. The number of rotatable bonds is 6. The van der Waals surface area contributed by atoms with E-state index >= 15 is 0 Å². The van der Waals surface area contributed by atoms with Crippen molar-refractivity contribution >= 4 is 17.4 Å². The molecule has 2 fully saturated rings. The van der Waals surface area contributed by atoms with Gasteiger partial charge in [-0.15, -0.1) is 0 Å². The highest BCUT2D eigenvalue weighted by molar-refractivity contribution is 6.04. The van der Waals surface area contributed by atoms with Gasteiger partial charge in [-0.25, -0.2) is 4.79 Å². The minimum Gasteiger partial charge on any atom is -0.504 e. The van der Waals surface area contributed by atoms with Gasteiger partial charge >= 0.3 is 5.97 Å². The van der Waals surface area contributed by atoms with E-state index in [9.17, 15) is 4.79 Å². The molecule has 3 aliphatic heterocycles. The van der Waals surface area contributed by atoms with Crippen LogP contribution in [-0.4, -0.2) is 57.0 Å². The number of hydrogen-bond donors (Lipinski definition) is 0. The largest absolute Gasteiger partial charge is 0.504 e. The van der Waals surface area contributed by atoms with E-state index < -0.39 is 0 Å². The third-order valence-electron chi connectivity index (χ3n) is 8.01. The molecular formula is C29H34N2O4. The van der Waals surface area contributed by atoms with Crippen molar-refractivity contribution in [1.82, 2.24) is 4.90 Å². The molecule has 0 aromatic heterocycles. The lowest BCUT2D eigenvalue weighted by Gasteiger charge is -2.48. The molecule has 35 heavy (non-hydrogen) atoms. The average Bonchev–Trinajstić information content (AvgIpc) is 3.29. The van der Waals surface area contributed by atoms with Crippen molar-refractivity contribution in [3.63, 3.8) is 0 Å². The smallest absolute Gasteiger partial charge is 0.337 e. The topological polar surface area (TPSA) is 60.4 Å². The number of fused-ring (bicyclic) bond motifs is 5. The van der Waals surface area contributed by atoms with Crippen molar-refractivity contribution in [2.24, 2.45) is 16.8 Å². The van der Waals surface area contributed by atoms with Gasteiger partial charge in [-0.05, 0) is 48.9 Å². The van der Waals surface area contributed by atoms with Gasteiger partial charge in [-0.2, -0.15) is 0 Å². The Balaban J connectivity index is 1.51. The second-order valence-corrected chi connectivity index (χ2v) is 9.64. The highest BCUT2D eigenvalue weighted by atomic mass is 16.5. The second-order valence-electron chi connectivity index (χ2n) is 9.64. The second kappa shape index (κ2) is 9.86. The van der Waals surface area contributed by atoms with Crippen LogP contribution >= 0.6 is 0 Å². The maximum absolute atomic E-state index is 12.7. The van der Waals surface area contributed by atoms with Crippen molar-refractivity contribution in [2.75, 3.05) is 34.4 Å². The number of hydrogen-bond acceptors (Lipinski definition) is 6. The van der Waals surface area contributed by atoms with Gasteiger partial charge < -0.3 is 14.2 Å². The van der Waals surface area contributed by atoms with Crippen molar-refractivity contribution in [1.29, 1.82) is 0 Å². The van der Waals surface area contributed by atoms with E-state index in [0.29, 0.717) is 11.5 Å². The first-order chi connectivity index (χ1) is 17.1. The summed E-state index contributed by atoms with van der Waals surface area (Å²) in [4.78, 5) is 20.4. The number of methoxy groups -OCH3 is 3. The van der Waals surface area contributed by atoms with Crippen molar-refractivity contribution in [3.8, 4) is 16.9 Å². The summed E-state index contributed by atoms with van der Waals surface area (Å²) in [5.41, 5.74) is 6.30. The van der Waals surface area contributed by atoms with Gasteiger partial charge in [0.2, 0.25) is 0 Å². The fraction of sp³-hybridized carbons (Fsp3) is 0.448. The minimum atomic E-state index is -0.304. The van der Waals surface area contributed by atoms with Gasteiger partial charge in [0.15, 0.2) is 0 Å². The zero-order chi connectivity index (χ0) is 24.5. The quantitative estimate of drug-likeness (QED) is 0.321. The minimum absolute atomic E-state index is 0.0700. The monoisotopic (exact) mass is 474 g/mol. The summed E-state index contributed by atoms with van der Waals surface area (Å²) < 4.78 is 16.5. The number of piperidine rings is 2. The van der Waals surface area contributed by atoms with Gasteiger partial charge in [-0.1, -0.05) is 43.7 Å². The Morgan fingerprint density at radius 3 is 2.63 bits per heavy atom. The molecule has 2 saturated heterocycles. The van der Waals surface area contributed by atoms with Crippen molar-refractivity contribution in [2.45, 2.75) is 38.1 Å². The molecule has 5 rings (SSSR count). The Morgan fingerprint density at radius 1 is 1.14 bits per heavy atom. The normalized spacial score (nSPS) is 25.7. The fourth-order valence-corrected chi connectivity index (χ4v) is 6.37. The molecule has 3 heterocycles. The van der Waals surface area contributed by atoms with E-state index in [1.54, 1.807) is 20.5 Å². The first-order valence-electron chi connectivity index (χ1n) is 12.5. The number of ether oxygens (including phenoxy) is 3.